The molecule has 2 N–H and O–H groups in total. The lowest BCUT2D eigenvalue weighted by molar-refractivity contribution is -0.127. The molecule has 2 rings (SSSR count). The van der Waals surface area contributed by atoms with Gasteiger partial charge in [0, 0.05) is 6.54 Å². The summed E-state index contributed by atoms with van der Waals surface area (Å²) >= 11 is 5.59. The maximum absolute atomic E-state index is 12.0. The molecule has 1 aliphatic heterocycles. The minimum absolute atomic E-state index is 0.0863. The molecule has 1 atom stereocenters. The minimum Gasteiger partial charge on any atom is -0.440 e. The number of carbonyl (C=O) groups excluding carboxylic acids is 2. The first-order chi connectivity index (χ1) is 8.09. The molecule has 92 valence electrons. The summed E-state index contributed by atoms with van der Waals surface area (Å²) < 4.78 is 10.1. The fourth-order valence-corrected chi connectivity index (χ4v) is 1.80. The van der Waals surface area contributed by atoms with Crippen LogP contribution in [0.15, 0.2) is 16.5 Å². The van der Waals surface area contributed by atoms with E-state index in [9.17, 15) is 9.59 Å². The largest absolute Gasteiger partial charge is 0.440 e. The normalized spacial score (nSPS) is 20.3. The Bertz CT molecular complexity index is 445. The van der Waals surface area contributed by atoms with Gasteiger partial charge in [-0.2, -0.15) is 0 Å². The number of nitrogens with zero attached hydrogens (tertiary/aromatic N) is 1. The lowest BCUT2D eigenvalue weighted by Gasteiger charge is -2.32. The number of hydrogen-bond acceptors (Lipinski definition) is 4. The Morgan fingerprint density at radius 2 is 2.24 bits per heavy atom. The first-order valence-corrected chi connectivity index (χ1v) is 5.41. The van der Waals surface area contributed by atoms with Crippen molar-refractivity contribution in [2.75, 3.05) is 19.8 Å². The molecule has 2 heterocycles. The van der Waals surface area contributed by atoms with E-state index in [2.05, 4.69) is 0 Å². The van der Waals surface area contributed by atoms with E-state index in [1.54, 1.807) is 0 Å². The number of nitrogens with two attached hydrogens (primary N) is 1. The quantitative estimate of drug-likeness (QED) is 0.824. The molecule has 6 nitrogen and oxygen atoms in total. The van der Waals surface area contributed by atoms with Gasteiger partial charge in [0.1, 0.15) is 6.04 Å². The molecular formula is C10H11ClN2O4. The summed E-state index contributed by atoms with van der Waals surface area (Å²) in [4.78, 5) is 24.6. The van der Waals surface area contributed by atoms with Gasteiger partial charge in [0.15, 0.2) is 11.0 Å². The second-order valence-electron chi connectivity index (χ2n) is 3.60. The summed E-state index contributed by atoms with van der Waals surface area (Å²) in [6, 6.07) is 2.16. The molecule has 17 heavy (non-hydrogen) atoms. The number of primary amides is 1. The van der Waals surface area contributed by atoms with Crippen molar-refractivity contribution in [3.63, 3.8) is 0 Å². The topological polar surface area (TPSA) is 85.8 Å². The Labute approximate surface area is 102 Å². The third-order valence-corrected chi connectivity index (χ3v) is 2.70. The molecule has 1 aromatic heterocycles. The molecule has 1 fully saturated rings. The fourth-order valence-electron chi connectivity index (χ4n) is 1.65. The van der Waals surface area contributed by atoms with Crippen molar-refractivity contribution in [3.8, 4) is 0 Å². The molecule has 1 aliphatic rings. The number of amides is 2. The number of carbonyl (C=O) groups is 2. The number of hydrogen-bond donors (Lipinski definition) is 1. The molecule has 1 aromatic rings. The molecule has 0 radical (unpaired) electrons. The first kappa shape index (κ1) is 11.9. The van der Waals surface area contributed by atoms with E-state index < -0.39 is 17.9 Å². The number of halogens is 1. The average Bonchev–Trinajstić information content (AvgIpc) is 2.75. The van der Waals surface area contributed by atoms with E-state index in [4.69, 9.17) is 26.5 Å². The van der Waals surface area contributed by atoms with E-state index in [1.165, 1.54) is 17.0 Å². The van der Waals surface area contributed by atoms with Gasteiger partial charge in [-0.15, -0.1) is 0 Å². The molecule has 1 unspecified atom stereocenters. The molecule has 7 heteroatoms. The monoisotopic (exact) mass is 258 g/mol. The Morgan fingerprint density at radius 1 is 1.47 bits per heavy atom. The number of furan rings is 1. The standard InChI is InChI=1S/C10H11ClN2O4/c11-8-2-1-7(17-8)10(15)13-3-4-16-5-6(13)9(12)14/h1-2,6H,3-5H2,(H2,12,14). The van der Waals surface area contributed by atoms with Crippen LogP contribution in [0.25, 0.3) is 0 Å². The van der Waals surface area contributed by atoms with Crippen molar-refractivity contribution in [2.24, 2.45) is 5.73 Å². The maximum Gasteiger partial charge on any atom is 0.290 e. The Morgan fingerprint density at radius 3 is 2.82 bits per heavy atom. The summed E-state index contributed by atoms with van der Waals surface area (Å²) in [5.41, 5.74) is 5.21. The van der Waals surface area contributed by atoms with Gasteiger partial charge in [0.05, 0.1) is 13.2 Å². The molecule has 0 spiro atoms. The second kappa shape index (κ2) is 4.77. The van der Waals surface area contributed by atoms with Crippen LogP contribution in [0, 0.1) is 0 Å². The van der Waals surface area contributed by atoms with E-state index in [0.717, 1.165) is 0 Å². The molecule has 1 saturated heterocycles. The van der Waals surface area contributed by atoms with Crippen LogP contribution in [0.4, 0.5) is 0 Å². The summed E-state index contributed by atoms with van der Waals surface area (Å²) in [6.07, 6.45) is 0. The van der Waals surface area contributed by atoms with Crippen LogP contribution in [0.3, 0.4) is 0 Å². The predicted octanol–water partition coefficient (Wildman–Crippen LogP) is 0.259. The molecule has 2 amide bonds. The van der Waals surface area contributed by atoms with Crippen molar-refractivity contribution in [1.29, 1.82) is 0 Å². The van der Waals surface area contributed by atoms with Gasteiger partial charge < -0.3 is 19.8 Å². The average molecular weight is 259 g/mol. The zero-order valence-electron chi connectivity index (χ0n) is 8.89. The lowest BCUT2D eigenvalue weighted by Crippen LogP contribution is -2.54. The Hall–Kier alpha value is -1.53. The van der Waals surface area contributed by atoms with Crippen molar-refractivity contribution in [3.05, 3.63) is 23.1 Å². The van der Waals surface area contributed by atoms with Crippen LogP contribution in [0.2, 0.25) is 5.22 Å². The van der Waals surface area contributed by atoms with Crippen molar-refractivity contribution in [1.82, 2.24) is 4.90 Å². The predicted molar refractivity (Wildman–Crippen MR) is 58.6 cm³/mol. The smallest absolute Gasteiger partial charge is 0.290 e. The second-order valence-corrected chi connectivity index (χ2v) is 3.97. The van der Waals surface area contributed by atoms with Gasteiger partial charge in [0.2, 0.25) is 5.91 Å². The van der Waals surface area contributed by atoms with Gasteiger partial charge >= 0.3 is 0 Å². The van der Waals surface area contributed by atoms with Gasteiger partial charge in [-0.25, -0.2) is 0 Å². The van der Waals surface area contributed by atoms with Crippen LogP contribution in [-0.2, 0) is 9.53 Å². The summed E-state index contributed by atoms with van der Waals surface area (Å²) in [7, 11) is 0. The van der Waals surface area contributed by atoms with Crippen LogP contribution in [0.1, 0.15) is 10.6 Å². The highest BCUT2D eigenvalue weighted by Gasteiger charge is 2.33. The Kier molecular flexibility index (Phi) is 3.35. The van der Waals surface area contributed by atoms with Gasteiger partial charge in [-0.3, -0.25) is 9.59 Å². The Balaban J connectivity index is 2.19. The van der Waals surface area contributed by atoms with Gasteiger partial charge in [-0.1, -0.05) is 0 Å². The number of rotatable bonds is 2. The maximum atomic E-state index is 12.0. The summed E-state index contributed by atoms with van der Waals surface area (Å²) in [5, 5.41) is 0.122. The van der Waals surface area contributed by atoms with Crippen LogP contribution in [-0.4, -0.2) is 42.5 Å². The summed E-state index contributed by atoms with van der Waals surface area (Å²) in [6.45, 7) is 0.768. The number of ether oxygens (including phenoxy) is 1. The highest BCUT2D eigenvalue weighted by molar-refractivity contribution is 6.29. The molecular weight excluding hydrogens is 248 g/mol. The van der Waals surface area contributed by atoms with Crippen molar-refractivity contribution >= 4 is 23.4 Å². The SMILES string of the molecule is NC(=O)C1COCCN1C(=O)c1ccc(Cl)o1. The third-order valence-electron chi connectivity index (χ3n) is 2.50. The molecule has 0 aliphatic carbocycles. The van der Waals surface area contributed by atoms with Gasteiger partial charge in [-0.05, 0) is 23.7 Å². The van der Waals surface area contributed by atoms with Gasteiger partial charge in [0.25, 0.3) is 5.91 Å². The lowest BCUT2D eigenvalue weighted by atomic mass is 10.2. The summed E-state index contributed by atoms with van der Waals surface area (Å²) in [5.74, 6) is -0.928. The highest BCUT2D eigenvalue weighted by atomic mass is 35.5. The van der Waals surface area contributed by atoms with Crippen molar-refractivity contribution in [2.45, 2.75) is 6.04 Å². The number of morpholine rings is 1. The molecule has 0 aromatic carbocycles. The van der Waals surface area contributed by atoms with E-state index >= 15 is 0 Å². The van der Waals surface area contributed by atoms with E-state index in [0.29, 0.717) is 13.2 Å². The molecule has 0 bridgehead atoms. The minimum atomic E-state index is -0.764. The van der Waals surface area contributed by atoms with Crippen LogP contribution in [0.5, 0.6) is 0 Å². The third kappa shape index (κ3) is 2.42. The zero-order valence-corrected chi connectivity index (χ0v) is 9.64. The fraction of sp³-hybridized carbons (Fsp3) is 0.400. The molecule has 0 saturated carbocycles. The van der Waals surface area contributed by atoms with Crippen LogP contribution >= 0.6 is 11.6 Å². The zero-order chi connectivity index (χ0) is 12.4. The van der Waals surface area contributed by atoms with Crippen LogP contribution < -0.4 is 5.73 Å². The first-order valence-electron chi connectivity index (χ1n) is 5.03. The highest BCUT2D eigenvalue weighted by Crippen LogP contribution is 2.17. The van der Waals surface area contributed by atoms with E-state index in [1.807, 2.05) is 0 Å². The van der Waals surface area contributed by atoms with E-state index in [-0.39, 0.29) is 17.6 Å². The van der Waals surface area contributed by atoms with Crippen molar-refractivity contribution < 1.29 is 18.7 Å².